The zero-order chi connectivity index (χ0) is 19.4. The maximum atomic E-state index is 15.3. The summed E-state index contributed by atoms with van der Waals surface area (Å²) in [5.41, 5.74) is 1.65. The van der Waals surface area contributed by atoms with E-state index in [1.165, 1.54) is 6.07 Å². The average molecular weight is 374 g/mol. The van der Waals surface area contributed by atoms with Crippen molar-refractivity contribution in [3.8, 4) is 22.6 Å². The van der Waals surface area contributed by atoms with Crippen molar-refractivity contribution in [2.75, 3.05) is 6.61 Å². The van der Waals surface area contributed by atoms with E-state index < -0.39 is 12.4 Å². The van der Waals surface area contributed by atoms with Crippen LogP contribution in [0.25, 0.3) is 21.9 Å². The lowest BCUT2D eigenvalue weighted by Crippen LogP contribution is -2.05. The van der Waals surface area contributed by atoms with Gasteiger partial charge in [0.05, 0.1) is 12.2 Å². The summed E-state index contributed by atoms with van der Waals surface area (Å²) in [6.07, 6.45) is 1.90. The summed E-state index contributed by atoms with van der Waals surface area (Å²) in [7, 11) is 0. The molecule has 0 spiro atoms. The molecule has 5 heteroatoms. The number of ether oxygens (including phenoxy) is 2. The largest absolute Gasteiger partial charge is 0.494 e. The van der Waals surface area contributed by atoms with Crippen LogP contribution in [0, 0.1) is 5.82 Å². The summed E-state index contributed by atoms with van der Waals surface area (Å²) in [6.45, 7) is 1.31. The molecule has 0 fully saturated rings. The summed E-state index contributed by atoms with van der Waals surface area (Å²) in [6, 6.07) is 13.5. The Morgan fingerprint density at radius 3 is 2.33 bits per heavy atom. The molecule has 0 aromatic heterocycles. The normalized spacial score (nSPS) is 11.2. The molecule has 0 atom stereocenters. The van der Waals surface area contributed by atoms with Gasteiger partial charge in [0.15, 0.2) is 0 Å². The fourth-order valence-electron chi connectivity index (χ4n) is 3.16. The number of hydrogen-bond acceptors (Lipinski definition) is 2. The summed E-state index contributed by atoms with van der Waals surface area (Å²) >= 11 is 0. The van der Waals surface area contributed by atoms with E-state index in [2.05, 4.69) is 11.7 Å². The number of aryl methyl sites for hydroxylation is 1. The summed E-state index contributed by atoms with van der Waals surface area (Å²) in [4.78, 5) is 0. The van der Waals surface area contributed by atoms with Crippen LogP contribution >= 0.6 is 0 Å². The molecular weight excluding hydrogens is 353 g/mol. The Labute approximate surface area is 156 Å². The third-order valence-electron chi connectivity index (χ3n) is 4.32. The standard InChI is InChI=1S/C22H21F3O2/c1-3-5-14-6-8-15(9-7-14)20-19(27-22(24)25)13-16-12-17(26-4-2)10-11-18(16)21(20)23/h6-13,22H,3-5H2,1-2H3. The smallest absolute Gasteiger partial charge is 0.387 e. The Bertz CT molecular complexity index is 921. The fraction of sp³-hybridized carbons (Fsp3) is 0.273. The van der Waals surface area contributed by atoms with Crippen LogP contribution in [-0.2, 0) is 6.42 Å². The quantitative estimate of drug-likeness (QED) is 0.464. The number of fused-ring (bicyclic) bond motifs is 1. The van der Waals surface area contributed by atoms with E-state index in [0.717, 1.165) is 18.4 Å². The van der Waals surface area contributed by atoms with Crippen molar-refractivity contribution >= 4 is 10.8 Å². The molecule has 3 aromatic carbocycles. The first-order valence-corrected chi connectivity index (χ1v) is 8.96. The van der Waals surface area contributed by atoms with Gasteiger partial charge in [0.25, 0.3) is 0 Å². The SMILES string of the molecule is CCCc1ccc(-c2c(OC(F)F)cc3cc(OCC)ccc3c2F)cc1. The molecule has 0 saturated heterocycles. The van der Waals surface area contributed by atoms with Crippen molar-refractivity contribution in [2.24, 2.45) is 0 Å². The van der Waals surface area contributed by atoms with Gasteiger partial charge in [0.1, 0.15) is 17.3 Å². The van der Waals surface area contributed by atoms with Crippen molar-refractivity contribution in [1.29, 1.82) is 0 Å². The highest BCUT2D eigenvalue weighted by Gasteiger charge is 2.19. The van der Waals surface area contributed by atoms with E-state index in [4.69, 9.17) is 4.74 Å². The van der Waals surface area contributed by atoms with Crippen LogP contribution in [0.5, 0.6) is 11.5 Å². The molecule has 2 nitrogen and oxygen atoms in total. The van der Waals surface area contributed by atoms with Crippen LogP contribution in [0.1, 0.15) is 25.8 Å². The van der Waals surface area contributed by atoms with Crippen LogP contribution in [0.4, 0.5) is 13.2 Å². The minimum atomic E-state index is -3.05. The van der Waals surface area contributed by atoms with E-state index in [1.54, 1.807) is 30.3 Å². The first-order valence-electron chi connectivity index (χ1n) is 8.96. The molecule has 0 bridgehead atoms. The molecule has 0 saturated carbocycles. The summed E-state index contributed by atoms with van der Waals surface area (Å²) in [5.74, 6) is -0.231. The maximum Gasteiger partial charge on any atom is 0.387 e. The van der Waals surface area contributed by atoms with Gasteiger partial charge in [-0.25, -0.2) is 4.39 Å². The number of benzene rings is 3. The zero-order valence-corrected chi connectivity index (χ0v) is 15.3. The lowest BCUT2D eigenvalue weighted by Gasteiger charge is -2.15. The molecule has 3 aromatic rings. The lowest BCUT2D eigenvalue weighted by atomic mass is 9.97. The molecule has 0 amide bonds. The molecular formula is C22H21F3O2. The third-order valence-corrected chi connectivity index (χ3v) is 4.32. The molecule has 27 heavy (non-hydrogen) atoms. The van der Waals surface area contributed by atoms with Gasteiger partial charge in [0, 0.05) is 5.39 Å². The van der Waals surface area contributed by atoms with E-state index >= 15 is 4.39 Å². The van der Waals surface area contributed by atoms with Gasteiger partial charge < -0.3 is 9.47 Å². The molecule has 0 aliphatic rings. The Kier molecular flexibility index (Phi) is 5.89. The lowest BCUT2D eigenvalue weighted by molar-refractivity contribution is -0.0494. The first kappa shape index (κ1) is 19.1. The van der Waals surface area contributed by atoms with Crippen molar-refractivity contribution < 1.29 is 22.6 Å². The fourth-order valence-corrected chi connectivity index (χ4v) is 3.16. The van der Waals surface area contributed by atoms with Crippen molar-refractivity contribution in [3.63, 3.8) is 0 Å². The predicted molar refractivity (Wildman–Crippen MR) is 101 cm³/mol. The Morgan fingerprint density at radius 1 is 0.963 bits per heavy atom. The Morgan fingerprint density at radius 2 is 1.70 bits per heavy atom. The Hall–Kier alpha value is -2.69. The second-order valence-corrected chi connectivity index (χ2v) is 6.21. The Balaban J connectivity index is 2.16. The van der Waals surface area contributed by atoms with Crippen LogP contribution in [0.2, 0.25) is 0 Å². The van der Waals surface area contributed by atoms with Gasteiger partial charge in [-0.3, -0.25) is 0 Å². The minimum Gasteiger partial charge on any atom is -0.494 e. The van der Waals surface area contributed by atoms with Crippen molar-refractivity contribution in [3.05, 3.63) is 59.9 Å². The van der Waals surface area contributed by atoms with E-state index in [1.807, 2.05) is 19.1 Å². The van der Waals surface area contributed by atoms with Gasteiger partial charge in [-0.15, -0.1) is 0 Å². The molecule has 3 rings (SSSR count). The van der Waals surface area contributed by atoms with E-state index in [-0.39, 0.29) is 11.3 Å². The van der Waals surface area contributed by atoms with Gasteiger partial charge in [-0.2, -0.15) is 8.78 Å². The van der Waals surface area contributed by atoms with Gasteiger partial charge in [-0.05, 0) is 54.1 Å². The van der Waals surface area contributed by atoms with Crippen LogP contribution in [0.15, 0.2) is 48.5 Å². The minimum absolute atomic E-state index is 0.0370. The van der Waals surface area contributed by atoms with Crippen molar-refractivity contribution in [2.45, 2.75) is 33.3 Å². The highest BCUT2D eigenvalue weighted by Crippen LogP contribution is 2.39. The molecule has 0 aliphatic carbocycles. The zero-order valence-electron chi connectivity index (χ0n) is 15.3. The first-order chi connectivity index (χ1) is 13.0. The molecule has 0 N–H and O–H groups in total. The number of rotatable bonds is 7. The number of hydrogen-bond donors (Lipinski definition) is 0. The highest BCUT2D eigenvalue weighted by atomic mass is 19.3. The van der Waals surface area contributed by atoms with Crippen LogP contribution in [-0.4, -0.2) is 13.2 Å². The molecule has 0 unspecified atom stereocenters. The molecule has 0 aliphatic heterocycles. The van der Waals surface area contributed by atoms with E-state index in [9.17, 15) is 8.78 Å². The average Bonchev–Trinajstić information content (AvgIpc) is 2.63. The van der Waals surface area contributed by atoms with Crippen molar-refractivity contribution in [1.82, 2.24) is 0 Å². The number of alkyl halides is 2. The van der Waals surface area contributed by atoms with Gasteiger partial charge >= 0.3 is 6.61 Å². The summed E-state index contributed by atoms with van der Waals surface area (Å²) in [5, 5.41) is 0.771. The second kappa shape index (κ2) is 8.33. The van der Waals surface area contributed by atoms with Gasteiger partial charge in [-0.1, -0.05) is 37.6 Å². The second-order valence-electron chi connectivity index (χ2n) is 6.21. The topological polar surface area (TPSA) is 18.5 Å². The predicted octanol–water partition coefficient (Wildman–Crippen LogP) is 6.60. The van der Waals surface area contributed by atoms with Crippen LogP contribution in [0.3, 0.4) is 0 Å². The van der Waals surface area contributed by atoms with Crippen LogP contribution < -0.4 is 9.47 Å². The number of halogens is 3. The molecule has 142 valence electrons. The van der Waals surface area contributed by atoms with Gasteiger partial charge in [0.2, 0.25) is 0 Å². The van der Waals surface area contributed by atoms with E-state index in [0.29, 0.717) is 28.7 Å². The molecule has 0 radical (unpaired) electrons. The third kappa shape index (κ3) is 4.18. The highest BCUT2D eigenvalue weighted by molar-refractivity contribution is 5.92. The maximum absolute atomic E-state index is 15.3. The molecule has 0 heterocycles. The monoisotopic (exact) mass is 374 g/mol. The summed E-state index contributed by atoms with van der Waals surface area (Å²) < 4.78 is 51.2.